The molecule has 2 aromatic rings. The van der Waals surface area contributed by atoms with Gasteiger partial charge in [0.2, 0.25) is 5.91 Å². The molecule has 0 aliphatic rings. The van der Waals surface area contributed by atoms with E-state index in [9.17, 15) is 19.2 Å². The van der Waals surface area contributed by atoms with Gasteiger partial charge in [0.25, 0.3) is 0 Å². The first-order valence-corrected chi connectivity index (χ1v) is 10.6. The van der Waals surface area contributed by atoms with Crippen molar-refractivity contribution in [1.82, 2.24) is 15.6 Å². The molecular weight excluding hydrogens is 426 g/mol. The molecule has 176 valence electrons. The molecule has 0 atom stereocenters. The predicted molar refractivity (Wildman–Crippen MR) is 123 cm³/mol. The van der Waals surface area contributed by atoms with E-state index in [-0.39, 0.29) is 25.4 Å². The van der Waals surface area contributed by atoms with Crippen LogP contribution in [-0.4, -0.2) is 55.4 Å². The summed E-state index contributed by atoms with van der Waals surface area (Å²) in [5.41, 5.74) is 1.88. The minimum Gasteiger partial charge on any atom is -0.468 e. The summed E-state index contributed by atoms with van der Waals surface area (Å²) in [6.07, 6.45) is 1.73. The number of hydrogen-bond donors (Lipinski definition) is 3. The molecule has 3 N–H and O–H groups in total. The highest BCUT2D eigenvalue weighted by atomic mass is 16.5. The Bertz CT molecular complexity index is 956. The molecule has 0 bridgehead atoms. The third-order valence-corrected chi connectivity index (χ3v) is 4.79. The topological polar surface area (TPSA) is 130 Å². The van der Waals surface area contributed by atoms with Crippen LogP contribution in [0, 0.1) is 0 Å². The number of carbonyl (C=O) groups excluding carboxylic acids is 4. The highest BCUT2D eigenvalue weighted by Crippen LogP contribution is 2.12. The summed E-state index contributed by atoms with van der Waals surface area (Å²) in [5, 5.41) is 7.52. The van der Waals surface area contributed by atoms with Gasteiger partial charge in [-0.05, 0) is 43.2 Å². The van der Waals surface area contributed by atoms with Crippen LogP contribution in [0.1, 0.15) is 25.0 Å². The van der Waals surface area contributed by atoms with Crippen molar-refractivity contribution in [2.24, 2.45) is 0 Å². The van der Waals surface area contributed by atoms with Crippen LogP contribution in [0.4, 0.5) is 11.5 Å². The maximum Gasteiger partial charge on any atom is 0.325 e. The number of carbonyl (C=O) groups is 4. The van der Waals surface area contributed by atoms with E-state index in [1.807, 2.05) is 12.1 Å². The Morgan fingerprint density at radius 2 is 1.58 bits per heavy atom. The molecule has 0 saturated carbocycles. The summed E-state index contributed by atoms with van der Waals surface area (Å²) in [6.45, 7) is 5.78. The molecule has 0 spiro atoms. The Kier molecular flexibility index (Phi) is 9.81. The molecular formula is C23H29N5O5. The summed E-state index contributed by atoms with van der Waals surface area (Å²) < 4.78 is 4.46. The SMILES string of the molecule is CCN(CC)c1ccc(CNC(=O)C(=O)Nc2ccc(CC(=O)NCC(=O)OC)cc2)cn1. The van der Waals surface area contributed by atoms with Gasteiger partial charge >= 0.3 is 17.8 Å². The van der Waals surface area contributed by atoms with Gasteiger partial charge in [-0.2, -0.15) is 0 Å². The average molecular weight is 456 g/mol. The molecule has 10 nitrogen and oxygen atoms in total. The summed E-state index contributed by atoms with van der Waals surface area (Å²) >= 11 is 0. The van der Waals surface area contributed by atoms with Gasteiger partial charge in [0.05, 0.1) is 13.5 Å². The Balaban J connectivity index is 1.80. The fourth-order valence-electron chi connectivity index (χ4n) is 2.90. The summed E-state index contributed by atoms with van der Waals surface area (Å²) in [7, 11) is 1.24. The number of anilines is 2. The van der Waals surface area contributed by atoms with Gasteiger partial charge in [-0.25, -0.2) is 4.98 Å². The fraction of sp³-hybridized carbons (Fsp3) is 0.348. The van der Waals surface area contributed by atoms with E-state index < -0.39 is 17.8 Å². The average Bonchev–Trinajstić information content (AvgIpc) is 2.83. The minimum absolute atomic E-state index is 0.0623. The number of amides is 3. The third kappa shape index (κ3) is 8.24. The van der Waals surface area contributed by atoms with Gasteiger partial charge < -0.3 is 25.6 Å². The van der Waals surface area contributed by atoms with Crippen LogP contribution >= 0.6 is 0 Å². The van der Waals surface area contributed by atoms with Crippen LogP contribution in [0.15, 0.2) is 42.6 Å². The third-order valence-electron chi connectivity index (χ3n) is 4.79. The second-order valence-corrected chi connectivity index (χ2v) is 7.06. The highest BCUT2D eigenvalue weighted by Gasteiger charge is 2.14. The second-order valence-electron chi connectivity index (χ2n) is 7.06. The van der Waals surface area contributed by atoms with Gasteiger partial charge in [0, 0.05) is 31.5 Å². The maximum absolute atomic E-state index is 12.1. The lowest BCUT2D eigenvalue weighted by Crippen LogP contribution is -2.35. The molecule has 0 unspecified atom stereocenters. The van der Waals surface area contributed by atoms with E-state index >= 15 is 0 Å². The van der Waals surface area contributed by atoms with Crippen LogP contribution in [0.3, 0.4) is 0 Å². The number of pyridine rings is 1. The normalized spacial score (nSPS) is 10.2. The highest BCUT2D eigenvalue weighted by molar-refractivity contribution is 6.39. The van der Waals surface area contributed by atoms with E-state index in [0.717, 1.165) is 24.5 Å². The number of esters is 1. The molecule has 0 radical (unpaired) electrons. The van der Waals surface area contributed by atoms with Crippen molar-refractivity contribution in [3.05, 3.63) is 53.7 Å². The van der Waals surface area contributed by atoms with Crippen molar-refractivity contribution in [1.29, 1.82) is 0 Å². The molecule has 0 fully saturated rings. The lowest BCUT2D eigenvalue weighted by molar-refractivity contribution is -0.141. The molecule has 3 amide bonds. The largest absolute Gasteiger partial charge is 0.468 e. The van der Waals surface area contributed by atoms with E-state index in [1.165, 1.54) is 7.11 Å². The zero-order valence-corrected chi connectivity index (χ0v) is 19.0. The van der Waals surface area contributed by atoms with Crippen molar-refractivity contribution >= 4 is 35.2 Å². The van der Waals surface area contributed by atoms with E-state index in [1.54, 1.807) is 30.5 Å². The van der Waals surface area contributed by atoms with Crippen molar-refractivity contribution in [2.75, 3.05) is 37.0 Å². The Labute approximate surface area is 192 Å². The quantitative estimate of drug-likeness (QED) is 0.360. The summed E-state index contributed by atoms with van der Waals surface area (Å²) in [6, 6.07) is 10.2. The number of nitrogens with one attached hydrogen (secondary N) is 3. The van der Waals surface area contributed by atoms with Crippen molar-refractivity contribution in [3.63, 3.8) is 0 Å². The molecule has 0 saturated heterocycles. The minimum atomic E-state index is -0.800. The van der Waals surface area contributed by atoms with Gasteiger partial charge in [0.15, 0.2) is 0 Å². The number of hydrogen-bond acceptors (Lipinski definition) is 7. The number of ether oxygens (including phenoxy) is 1. The monoisotopic (exact) mass is 455 g/mol. The first-order valence-electron chi connectivity index (χ1n) is 10.6. The predicted octanol–water partition coefficient (Wildman–Crippen LogP) is 1.01. The number of rotatable bonds is 10. The molecule has 1 heterocycles. The van der Waals surface area contributed by atoms with Gasteiger partial charge in [-0.15, -0.1) is 0 Å². The molecule has 0 aliphatic carbocycles. The van der Waals surface area contributed by atoms with Crippen LogP contribution in [0.25, 0.3) is 0 Å². The number of methoxy groups -OCH3 is 1. The second kappa shape index (κ2) is 12.8. The van der Waals surface area contributed by atoms with E-state index in [0.29, 0.717) is 11.3 Å². The van der Waals surface area contributed by atoms with Gasteiger partial charge in [-0.3, -0.25) is 19.2 Å². The number of aromatic nitrogens is 1. The smallest absolute Gasteiger partial charge is 0.325 e. The van der Waals surface area contributed by atoms with Gasteiger partial charge in [0.1, 0.15) is 12.4 Å². The Hall–Kier alpha value is -3.95. The maximum atomic E-state index is 12.1. The molecule has 33 heavy (non-hydrogen) atoms. The van der Waals surface area contributed by atoms with E-state index in [2.05, 4.69) is 44.4 Å². The van der Waals surface area contributed by atoms with Crippen LogP contribution < -0.4 is 20.9 Å². The van der Waals surface area contributed by atoms with Gasteiger partial charge in [-0.1, -0.05) is 18.2 Å². The molecule has 2 rings (SSSR count). The van der Waals surface area contributed by atoms with Crippen molar-refractivity contribution in [2.45, 2.75) is 26.8 Å². The Morgan fingerprint density at radius 3 is 2.15 bits per heavy atom. The van der Waals surface area contributed by atoms with E-state index in [4.69, 9.17) is 0 Å². The van der Waals surface area contributed by atoms with Crippen LogP contribution in [0.2, 0.25) is 0 Å². The number of benzene rings is 1. The molecule has 1 aromatic heterocycles. The van der Waals surface area contributed by atoms with Crippen molar-refractivity contribution < 1.29 is 23.9 Å². The Morgan fingerprint density at radius 1 is 0.909 bits per heavy atom. The zero-order chi connectivity index (χ0) is 24.2. The van der Waals surface area contributed by atoms with Crippen molar-refractivity contribution in [3.8, 4) is 0 Å². The van der Waals surface area contributed by atoms with Crippen LogP contribution in [0.5, 0.6) is 0 Å². The first kappa shape index (κ1) is 25.3. The molecule has 0 aliphatic heterocycles. The molecule has 1 aromatic carbocycles. The molecule has 10 heteroatoms. The van der Waals surface area contributed by atoms with Crippen LogP contribution in [-0.2, 0) is 36.9 Å². The summed E-state index contributed by atoms with van der Waals surface area (Å²) in [5.74, 6) is -1.58. The standard InChI is InChI=1S/C23H29N5O5/c1-4-28(5-2)19-11-8-17(13-24-19)14-26-22(31)23(32)27-18-9-6-16(7-10-18)12-20(29)25-15-21(30)33-3/h6-11,13H,4-5,12,14-15H2,1-3H3,(H,25,29)(H,26,31)(H,27,32). The summed E-state index contributed by atoms with van der Waals surface area (Å²) in [4.78, 5) is 53.6. The first-order chi connectivity index (χ1) is 15.9. The zero-order valence-electron chi connectivity index (χ0n) is 19.0. The lowest BCUT2D eigenvalue weighted by atomic mass is 10.1. The number of nitrogens with zero attached hydrogens (tertiary/aromatic N) is 2. The lowest BCUT2D eigenvalue weighted by Gasteiger charge is -2.19. The fourth-order valence-corrected chi connectivity index (χ4v) is 2.90.